The third-order valence-corrected chi connectivity index (χ3v) is 4.36. The van der Waals surface area contributed by atoms with Gasteiger partial charge in [0.05, 0.1) is 28.0 Å². The summed E-state index contributed by atoms with van der Waals surface area (Å²) in [6.45, 7) is 3.51. The van der Waals surface area contributed by atoms with Crippen molar-refractivity contribution < 1.29 is 13.6 Å². The third kappa shape index (κ3) is 2.24. The first-order valence-corrected chi connectivity index (χ1v) is 7.92. The molecule has 0 aliphatic carbocycles. The number of hydrogen-bond acceptors (Lipinski definition) is 3. The number of aryl methyl sites for hydroxylation is 2. The van der Waals surface area contributed by atoms with Gasteiger partial charge in [0.25, 0.3) is 0 Å². The Morgan fingerprint density at radius 3 is 2.50 bits per heavy atom. The molecule has 0 atom stereocenters. The Balaban J connectivity index is 2.24. The number of amides is 1. The van der Waals surface area contributed by atoms with Gasteiger partial charge < -0.3 is 5.73 Å². The number of rotatable bonds is 2. The van der Waals surface area contributed by atoms with Crippen molar-refractivity contribution in [3.05, 3.63) is 65.0 Å². The lowest BCUT2D eigenvalue weighted by atomic mass is 10.1. The maximum Gasteiger partial charge on any atom is 0.249 e. The molecule has 0 spiro atoms. The molecule has 5 nitrogen and oxygen atoms in total. The van der Waals surface area contributed by atoms with E-state index in [2.05, 4.69) is 9.97 Å². The molecule has 2 aromatic carbocycles. The quantitative estimate of drug-likeness (QED) is 0.600. The minimum absolute atomic E-state index is 0.0339. The van der Waals surface area contributed by atoms with Crippen molar-refractivity contribution in [3.8, 4) is 11.4 Å². The van der Waals surface area contributed by atoms with Crippen molar-refractivity contribution in [2.75, 3.05) is 0 Å². The summed E-state index contributed by atoms with van der Waals surface area (Å²) < 4.78 is 29.8. The van der Waals surface area contributed by atoms with Crippen LogP contribution in [-0.2, 0) is 0 Å². The van der Waals surface area contributed by atoms with Gasteiger partial charge in [-0.25, -0.2) is 18.7 Å². The van der Waals surface area contributed by atoms with Crippen molar-refractivity contribution >= 4 is 22.5 Å². The van der Waals surface area contributed by atoms with Gasteiger partial charge in [-0.2, -0.15) is 0 Å². The molecule has 0 bridgehead atoms. The van der Waals surface area contributed by atoms with Crippen molar-refractivity contribution in [2.24, 2.45) is 5.73 Å². The van der Waals surface area contributed by atoms with Crippen molar-refractivity contribution in [1.82, 2.24) is 14.4 Å². The van der Waals surface area contributed by atoms with E-state index in [1.54, 1.807) is 42.5 Å². The van der Waals surface area contributed by atoms with Gasteiger partial charge in [0, 0.05) is 17.7 Å². The molecule has 0 aliphatic rings. The number of carbonyl (C=O) groups excluding carboxylic acids is 1. The summed E-state index contributed by atoms with van der Waals surface area (Å²) in [7, 11) is 0. The molecule has 130 valence electrons. The lowest BCUT2D eigenvalue weighted by molar-refractivity contribution is 0.100. The van der Waals surface area contributed by atoms with Gasteiger partial charge in [-0.1, -0.05) is 18.2 Å². The maximum atomic E-state index is 14.3. The molecule has 0 fully saturated rings. The van der Waals surface area contributed by atoms with E-state index < -0.39 is 17.5 Å². The van der Waals surface area contributed by atoms with E-state index in [0.29, 0.717) is 28.3 Å². The van der Waals surface area contributed by atoms with Crippen LogP contribution in [0.3, 0.4) is 0 Å². The molecule has 2 aromatic heterocycles. The fraction of sp³-hybridized carbons (Fsp3) is 0.105. The van der Waals surface area contributed by atoms with E-state index in [0.717, 1.165) is 6.07 Å². The Labute approximate surface area is 147 Å². The van der Waals surface area contributed by atoms with Gasteiger partial charge in [0.2, 0.25) is 5.91 Å². The first kappa shape index (κ1) is 16.1. The molecule has 26 heavy (non-hydrogen) atoms. The molecule has 0 saturated heterocycles. The average Bonchev–Trinajstić information content (AvgIpc) is 2.94. The van der Waals surface area contributed by atoms with Crippen molar-refractivity contribution in [1.29, 1.82) is 0 Å². The van der Waals surface area contributed by atoms with Crippen LogP contribution in [0.2, 0.25) is 0 Å². The average molecular weight is 352 g/mol. The molecular weight excluding hydrogens is 338 g/mol. The highest BCUT2D eigenvalue weighted by Crippen LogP contribution is 2.31. The summed E-state index contributed by atoms with van der Waals surface area (Å²) in [6.07, 6.45) is 0. The number of imidazole rings is 1. The van der Waals surface area contributed by atoms with Crippen LogP contribution in [0.4, 0.5) is 8.78 Å². The van der Waals surface area contributed by atoms with Crippen LogP contribution < -0.4 is 5.73 Å². The fourth-order valence-corrected chi connectivity index (χ4v) is 3.32. The minimum Gasteiger partial charge on any atom is -0.366 e. The summed E-state index contributed by atoms with van der Waals surface area (Å²) >= 11 is 0. The number of hydrogen-bond donors (Lipinski definition) is 1. The van der Waals surface area contributed by atoms with Crippen LogP contribution in [0.5, 0.6) is 0 Å². The van der Waals surface area contributed by atoms with Gasteiger partial charge in [-0.15, -0.1) is 0 Å². The SMILES string of the molecule is Cc1nc(-c2ccccc2C(N)=O)n2c1c(C)nc1c(F)cc(F)cc12. The largest absolute Gasteiger partial charge is 0.366 e. The monoisotopic (exact) mass is 352 g/mol. The summed E-state index contributed by atoms with van der Waals surface area (Å²) in [5.41, 5.74) is 8.34. The Morgan fingerprint density at radius 2 is 1.77 bits per heavy atom. The smallest absolute Gasteiger partial charge is 0.249 e. The molecule has 2 heterocycles. The Hall–Kier alpha value is -3.35. The summed E-state index contributed by atoms with van der Waals surface area (Å²) in [5, 5.41) is 0. The zero-order chi connectivity index (χ0) is 18.6. The second-order valence-electron chi connectivity index (χ2n) is 6.07. The van der Waals surface area contributed by atoms with E-state index in [4.69, 9.17) is 5.73 Å². The van der Waals surface area contributed by atoms with E-state index in [9.17, 15) is 13.6 Å². The zero-order valence-electron chi connectivity index (χ0n) is 14.0. The highest BCUT2D eigenvalue weighted by molar-refractivity contribution is 5.99. The van der Waals surface area contributed by atoms with Gasteiger partial charge in [-0.3, -0.25) is 9.20 Å². The van der Waals surface area contributed by atoms with E-state index in [1.165, 1.54) is 6.07 Å². The first-order chi connectivity index (χ1) is 12.4. The van der Waals surface area contributed by atoms with Crippen LogP contribution in [0.25, 0.3) is 27.9 Å². The van der Waals surface area contributed by atoms with Crippen LogP contribution >= 0.6 is 0 Å². The maximum absolute atomic E-state index is 14.3. The predicted molar refractivity (Wildman–Crippen MR) is 93.8 cm³/mol. The molecule has 1 amide bonds. The molecule has 0 saturated carbocycles. The van der Waals surface area contributed by atoms with Crippen LogP contribution in [0, 0.1) is 25.5 Å². The number of benzene rings is 2. The first-order valence-electron chi connectivity index (χ1n) is 7.92. The van der Waals surface area contributed by atoms with Gasteiger partial charge >= 0.3 is 0 Å². The normalized spacial score (nSPS) is 11.4. The number of fused-ring (bicyclic) bond motifs is 3. The van der Waals surface area contributed by atoms with Crippen molar-refractivity contribution in [3.63, 3.8) is 0 Å². The molecule has 4 rings (SSSR count). The number of nitrogens with zero attached hydrogens (tertiary/aromatic N) is 3. The minimum atomic E-state index is -0.759. The topological polar surface area (TPSA) is 73.3 Å². The highest BCUT2D eigenvalue weighted by atomic mass is 19.1. The summed E-state index contributed by atoms with van der Waals surface area (Å²) in [5.74, 6) is -1.71. The van der Waals surface area contributed by atoms with Crippen molar-refractivity contribution in [2.45, 2.75) is 13.8 Å². The highest BCUT2D eigenvalue weighted by Gasteiger charge is 2.21. The van der Waals surface area contributed by atoms with Gasteiger partial charge in [0.1, 0.15) is 17.2 Å². The zero-order valence-corrected chi connectivity index (χ0v) is 14.0. The second kappa shape index (κ2) is 5.59. The van der Waals surface area contributed by atoms with Crippen LogP contribution in [-0.4, -0.2) is 20.3 Å². The summed E-state index contributed by atoms with van der Waals surface area (Å²) in [4.78, 5) is 20.6. The van der Waals surface area contributed by atoms with E-state index in [1.807, 2.05) is 0 Å². The molecular formula is C19H14F2N4O. The molecule has 2 N–H and O–H groups in total. The number of nitrogens with two attached hydrogens (primary N) is 1. The standard InChI is InChI=1S/C19H14F2N4O/c1-9-17-10(2)24-19(13-6-4-3-5-12(13)18(22)26)25(17)15-8-11(20)7-14(21)16(15)23-9/h3-8H,1-2H3,(H2,22,26). The van der Waals surface area contributed by atoms with Gasteiger partial charge in [-0.05, 0) is 19.9 Å². The molecule has 0 unspecified atom stereocenters. The second-order valence-corrected chi connectivity index (χ2v) is 6.07. The number of primary amides is 1. The number of aromatic nitrogens is 3. The van der Waals surface area contributed by atoms with E-state index in [-0.39, 0.29) is 16.6 Å². The lowest BCUT2D eigenvalue weighted by Gasteiger charge is -2.10. The Kier molecular flexibility index (Phi) is 3.47. The molecule has 0 aliphatic heterocycles. The van der Waals surface area contributed by atoms with Crippen LogP contribution in [0.1, 0.15) is 21.7 Å². The van der Waals surface area contributed by atoms with E-state index >= 15 is 0 Å². The van der Waals surface area contributed by atoms with Gasteiger partial charge in [0.15, 0.2) is 5.82 Å². The number of carbonyl (C=O) groups is 1. The lowest BCUT2D eigenvalue weighted by Crippen LogP contribution is -2.13. The third-order valence-electron chi connectivity index (χ3n) is 4.36. The Bertz CT molecular complexity index is 1210. The van der Waals surface area contributed by atoms with Crippen LogP contribution in [0.15, 0.2) is 36.4 Å². The molecule has 7 heteroatoms. The predicted octanol–water partition coefficient (Wildman–Crippen LogP) is 3.54. The molecule has 0 radical (unpaired) electrons. The summed E-state index contributed by atoms with van der Waals surface area (Å²) in [6, 6.07) is 8.72. The number of halogens is 2. The molecule has 4 aromatic rings. The Morgan fingerprint density at radius 1 is 1.08 bits per heavy atom. The fourth-order valence-electron chi connectivity index (χ4n) is 3.32.